The topological polar surface area (TPSA) is 92.1 Å². The molecule has 2 fully saturated rings. The lowest BCUT2D eigenvalue weighted by Gasteiger charge is -2.30. The Morgan fingerprint density at radius 1 is 1.25 bits per heavy atom. The second-order valence-electron chi connectivity index (χ2n) is 9.91. The molecule has 194 valence electrons. The van der Waals surface area contributed by atoms with E-state index in [1.807, 2.05) is 6.07 Å². The maximum Gasteiger partial charge on any atom is 0.165 e. The van der Waals surface area contributed by atoms with Gasteiger partial charge in [0.25, 0.3) is 0 Å². The number of hydrogen-bond donors (Lipinski definition) is 2. The zero-order valence-electron chi connectivity index (χ0n) is 20.9. The molecule has 3 heterocycles. The van der Waals surface area contributed by atoms with Crippen molar-refractivity contribution >= 4 is 17.4 Å². The predicted molar refractivity (Wildman–Crippen MR) is 138 cm³/mol. The van der Waals surface area contributed by atoms with E-state index in [-0.39, 0.29) is 5.82 Å². The molecule has 0 unspecified atom stereocenters. The number of nitrogens with zero attached hydrogens (tertiary/aromatic N) is 3. The summed E-state index contributed by atoms with van der Waals surface area (Å²) in [5, 5.41) is 16.8. The molecule has 0 spiro atoms. The van der Waals surface area contributed by atoms with Crippen LogP contribution in [0.3, 0.4) is 0 Å². The van der Waals surface area contributed by atoms with Crippen molar-refractivity contribution in [2.24, 2.45) is 11.3 Å². The van der Waals surface area contributed by atoms with E-state index in [1.165, 1.54) is 6.07 Å². The summed E-state index contributed by atoms with van der Waals surface area (Å²) in [6, 6.07) is 7.95. The molecule has 2 aliphatic rings. The van der Waals surface area contributed by atoms with E-state index >= 15 is 0 Å². The van der Waals surface area contributed by atoms with Gasteiger partial charge in [-0.2, -0.15) is 5.26 Å². The van der Waals surface area contributed by atoms with Crippen LogP contribution in [0, 0.1) is 28.5 Å². The molecule has 1 saturated carbocycles. The van der Waals surface area contributed by atoms with E-state index in [1.54, 1.807) is 19.4 Å². The lowest BCUT2D eigenvalue weighted by atomic mass is 9.82. The Hall–Kier alpha value is -2.31. The van der Waals surface area contributed by atoms with Gasteiger partial charge in [0, 0.05) is 56.9 Å². The van der Waals surface area contributed by atoms with Gasteiger partial charge in [-0.15, -0.1) is 0 Å². The minimum absolute atomic E-state index is 0.127. The van der Waals surface area contributed by atoms with Crippen LogP contribution in [-0.2, 0) is 15.9 Å². The average molecular weight is 516 g/mol. The number of anilines is 1. The van der Waals surface area contributed by atoms with Gasteiger partial charge in [-0.25, -0.2) is 9.37 Å². The van der Waals surface area contributed by atoms with Gasteiger partial charge in [0.1, 0.15) is 0 Å². The molecule has 0 atom stereocenters. The maximum atomic E-state index is 14.6. The first-order valence-electron chi connectivity index (χ1n) is 12.8. The van der Waals surface area contributed by atoms with Crippen molar-refractivity contribution in [1.82, 2.24) is 15.3 Å². The minimum Gasteiger partial charge on any atom is -0.383 e. The van der Waals surface area contributed by atoms with E-state index in [9.17, 15) is 9.65 Å². The summed E-state index contributed by atoms with van der Waals surface area (Å²) in [7, 11) is 1.72. The van der Waals surface area contributed by atoms with Gasteiger partial charge in [0.05, 0.1) is 28.8 Å². The molecule has 2 aromatic rings. The first-order chi connectivity index (χ1) is 17.5. The van der Waals surface area contributed by atoms with Crippen LogP contribution in [0.2, 0.25) is 5.02 Å². The third kappa shape index (κ3) is 6.92. The van der Waals surface area contributed by atoms with Crippen molar-refractivity contribution in [3.63, 3.8) is 0 Å². The number of rotatable bonds is 10. The number of methoxy groups -OCH3 is 1. The molecule has 0 bridgehead atoms. The van der Waals surface area contributed by atoms with Crippen LogP contribution < -0.4 is 10.6 Å². The number of nitrogens with one attached hydrogen (secondary N) is 2. The Morgan fingerprint density at radius 2 is 2.03 bits per heavy atom. The Kier molecular flexibility index (Phi) is 9.49. The molecule has 0 radical (unpaired) electrons. The summed E-state index contributed by atoms with van der Waals surface area (Å²) in [5.74, 6) is 0.245. The van der Waals surface area contributed by atoms with Crippen LogP contribution in [0.4, 0.5) is 10.2 Å². The van der Waals surface area contributed by atoms with Crippen molar-refractivity contribution in [1.29, 1.82) is 5.26 Å². The third-order valence-electron chi connectivity index (χ3n) is 7.40. The average Bonchev–Trinajstić information content (AvgIpc) is 2.91. The third-order valence-corrected chi connectivity index (χ3v) is 7.70. The number of aromatic nitrogens is 2. The van der Waals surface area contributed by atoms with E-state index in [2.05, 4.69) is 26.7 Å². The van der Waals surface area contributed by atoms with Crippen molar-refractivity contribution in [2.75, 3.05) is 45.3 Å². The van der Waals surface area contributed by atoms with Crippen LogP contribution in [0.5, 0.6) is 0 Å². The predicted octanol–water partition coefficient (Wildman–Crippen LogP) is 5.01. The van der Waals surface area contributed by atoms with Gasteiger partial charge in [-0.05, 0) is 69.1 Å². The van der Waals surface area contributed by atoms with Gasteiger partial charge in [0.15, 0.2) is 11.6 Å². The number of hydrogen-bond acceptors (Lipinski definition) is 7. The van der Waals surface area contributed by atoms with Crippen molar-refractivity contribution in [2.45, 2.75) is 51.0 Å². The number of pyridine rings is 2. The molecule has 2 aromatic heterocycles. The molecule has 1 aliphatic heterocycles. The Labute approximate surface area is 217 Å². The Balaban J connectivity index is 1.41. The van der Waals surface area contributed by atoms with E-state index in [0.29, 0.717) is 55.3 Å². The summed E-state index contributed by atoms with van der Waals surface area (Å²) >= 11 is 6.50. The molecule has 7 nitrogen and oxygen atoms in total. The molecule has 9 heteroatoms. The highest BCUT2D eigenvalue weighted by atomic mass is 35.5. The normalized spacial score (nSPS) is 21.6. The molecule has 2 N–H and O–H groups in total. The van der Waals surface area contributed by atoms with Crippen LogP contribution in [0.25, 0.3) is 11.3 Å². The molecule has 0 aromatic carbocycles. The summed E-state index contributed by atoms with van der Waals surface area (Å²) in [4.78, 5) is 9.10. The fraction of sp³-hybridized carbons (Fsp3) is 0.593. The molecular formula is C27H35ClFN5O2. The summed E-state index contributed by atoms with van der Waals surface area (Å²) in [6.07, 6.45) is 8.38. The first-order valence-corrected chi connectivity index (χ1v) is 13.2. The highest BCUT2D eigenvalue weighted by Crippen LogP contribution is 2.33. The molecule has 1 aliphatic carbocycles. The summed E-state index contributed by atoms with van der Waals surface area (Å²) < 4.78 is 25.1. The van der Waals surface area contributed by atoms with Crippen molar-refractivity contribution in [3.8, 4) is 17.3 Å². The minimum atomic E-state index is -0.581. The monoisotopic (exact) mass is 515 g/mol. The summed E-state index contributed by atoms with van der Waals surface area (Å²) in [6.45, 7) is 3.01. The molecule has 0 amide bonds. The van der Waals surface area contributed by atoms with Crippen LogP contribution in [0.1, 0.15) is 44.2 Å². The molecule has 1 saturated heterocycles. The Bertz CT molecular complexity index is 1050. The first kappa shape index (κ1) is 26.7. The van der Waals surface area contributed by atoms with Crippen LogP contribution in [0.15, 0.2) is 24.4 Å². The van der Waals surface area contributed by atoms with E-state index in [4.69, 9.17) is 21.1 Å². The highest BCUT2D eigenvalue weighted by Gasteiger charge is 2.33. The lowest BCUT2D eigenvalue weighted by molar-refractivity contribution is 0.0455. The van der Waals surface area contributed by atoms with E-state index < -0.39 is 11.2 Å². The SMILES string of the molecule is COCCNC1CCC(Cc2cc(-c3ccc(F)c(NCC4(C#N)CCOCC4)n3)c(Cl)cn2)CC1. The highest BCUT2D eigenvalue weighted by molar-refractivity contribution is 6.33. The Morgan fingerprint density at radius 3 is 2.75 bits per heavy atom. The zero-order chi connectivity index (χ0) is 25.4. The van der Waals surface area contributed by atoms with Gasteiger partial charge in [-0.3, -0.25) is 4.98 Å². The van der Waals surface area contributed by atoms with Crippen LogP contribution >= 0.6 is 11.6 Å². The largest absolute Gasteiger partial charge is 0.383 e. The number of nitriles is 1. The van der Waals surface area contributed by atoms with Crippen LogP contribution in [-0.4, -0.2) is 56.0 Å². The van der Waals surface area contributed by atoms with Crippen molar-refractivity contribution in [3.05, 3.63) is 40.9 Å². The number of halogens is 2. The van der Waals surface area contributed by atoms with Gasteiger partial charge in [-0.1, -0.05) is 11.6 Å². The smallest absolute Gasteiger partial charge is 0.165 e. The fourth-order valence-electron chi connectivity index (χ4n) is 5.08. The van der Waals surface area contributed by atoms with Gasteiger partial charge >= 0.3 is 0 Å². The fourth-order valence-corrected chi connectivity index (χ4v) is 5.28. The lowest BCUT2D eigenvalue weighted by Crippen LogP contribution is -2.35. The van der Waals surface area contributed by atoms with Crippen molar-refractivity contribution < 1.29 is 13.9 Å². The van der Waals surface area contributed by atoms with Gasteiger partial charge < -0.3 is 20.1 Å². The standard InChI is InChI=1S/C27H35ClFN5O2/c1-35-13-10-31-20-4-2-19(3-5-20)14-21-15-22(23(28)16-32-21)25-7-6-24(29)26(34-25)33-18-27(17-30)8-11-36-12-9-27/h6-7,15-16,19-20,31H,2-5,8-14,18H2,1H3,(H,33,34). The molecular weight excluding hydrogens is 481 g/mol. The van der Waals surface area contributed by atoms with Gasteiger partial charge in [0.2, 0.25) is 0 Å². The second-order valence-corrected chi connectivity index (χ2v) is 10.3. The maximum absolute atomic E-state index is 14.6. The molecule has 4 rings (SSSR count). The van der Waals surface area contributed by atoms with E-state index in [0.717, 1.165) is 56.5 Å². The number of ether oxygens (including phenoxy) is 2. The molecule has 36 heavy (non-hydrogen) atoms. The quantitative estimate of drug-likeness (QED) is 0.430. The zero-order valence-corrected chi connectivity index (χ0v) is 21.6. The summed E-state index contributed by atoms with van der Waals surface area (Å²) in [5.41, 5.74) is 1.70. The second kappa shape index (κ2) is 12.8.